The van der Waals surface area contributed by atoms with Gasteiger partial charge in [-0.3, -0.25) is 15.3 Å². The van der Waals surface area contributed by atoms with Crippen LogP contribution in [0.15, 0.2) is 23.3 Å². The van der Waals surface area contributed by atoms with Gasteiger partial charge in [-0.2, -0.15) is 0 Å². The highest BCUT2D eigenvalue weighted by Crippen LogP contribution is 2.62. The third-order valence-corrected chi connectivity index (χ3v) is 16.5. The molecule has 1 saturated carbocycles. The maximum atomic E-state index is 14.2. The molecular formula is C39H62N4O7S2+2. The Hall–Kier alpha value is -1.61. The summed E-state index contributed by atoms with van der Waals surface area (Å²) in [5, 5.41) is 13.9. The van der Waals surface area contributed by atoms with Gasteiger partial charge in [-0.05, 0) is 70.6 Å². The number of quaternary nitrogens is 2. The molecule has 290 valence electrons. The van der Waals surface area contributed by atoms with Crippen LogP contribution in [-0.4, -0.2) is 108 Å². The SMILES string of the molecule is CC=C(C)C(=O)O[C@@]1(C)CC=C2CSSC[C@H]3[C@@H](C[NH2+]C)CN3C(=O)CC3C[NH2+]C(N)CC3[C@H]2[C@@]12CC1CC3CC(CCCO)C(=O)OC3CC1O2. The van der Waals surface area contributed by atoms with Crippen LogP contribution < -0.4 is 16.4 Å². The zero-order valence-electron chi connectivity index (χ0n) is 31.5. The number of hydrogen-bond donors (Lipinski definition) is 4. The minimum absolute atomic E-state index is 0.0723. The van der Waals surface area contributed by atoms with Crippen LogP contribution in [0.5, 0.6) is 0 Å². The maximum Gasteiger partial charge on any atom is 0.334 e. The summed E-state index contributed by atoms with van der Waals surface area (Å²) in [7, 11) is 5.87. The minimum atomic E-state index is -0.952. The molecule has 7 N–H and O–H groups in total. The number of nitrogens with zero attached hydrogens (tertiary/aromatic N) is 1. The first-order valence-electron chi connectivity index (χ1n) is 20.0. The second kappa shape index (κ2) is 15.9. The molecule has 13 atom stereocenters. The van der Waals surface area contributed by atoms with Gasteiger partial charge in [0.15, 0.2) is 0 Å². The summed E-state index contributed by atoms with van der Waals surface area (Å²) in [6.07, 6.45) is 9.80. The van der Waals surface area contributed by atoms with Crippen molar-refractivity contribution in [1.82, 2.24) is 4.90 Å². The van der Waals surface area contributed by atoms with Crippen molar-refractivity contribution in [3.05, 3.63) is 23.3 Å². The summed E-state index contributed by atoms with van der Waals surface area (Å²) in [4.78, 5) is 43.1. The lowest BCUT2D eigenvalue weighted by atomic mass is 9.56. The zero-order valence-corrected chi connectivity index (χ0v) is 33.1. The fourth-order valence-corrected chi connectivity index (χ4v) is 13.7. The fourth-order valence-electron chi connectivity index (χ4n) is 11.2. The highest BCUT2D eigenvalue weighted by Gasteiger charge is 2.68. The average Bonchev–Trinajstić information content (AvgIpc) is 3.48. The molecule has 5 saturated heterocycles. The molecule has 7 aliphatic rings. The van der Waals surface area contributed by atoms with E-state index in [1.54, 1.807) is 13.0 Å². The van der Waals surface area contributed by atoms with Gasteiger partial charge in [-0.25, -0.2) is 4.79 Å². The number of aliphatic hydroxyl groups excluding tert-OH is 1. The van der Waals surface area contributed by atoms with Crippen LogP contribution in [0.3, 0.4) is 0 Å². The summed E-state index contributed by atoms with van der Waals surface area (Å²) in [6.45, 7) is 8.47. The van der Waals surface area contributed by atoms with Crippen LogP contribution in [0.1, 0.15) is 78.6 Å². The zero-order chi connectivity index (χ0) is 36.8. The summed E-state index contributed by atoms with van der Waals surface area (Å²) >= 11 is 0. The smallest absolute Gasteiger partial charge is 0.334 e. The number of hydrogen-bond acceptors (Lipinski definition) is 10. The van der Waals surface area contributed by atoms with Crippen LogP contribution in [0.25, 0.3) is 0 Å². The lowest BCUT2D eigenvalue weighted by molar-refractivity contribution is -0.706. The Morgan fingerprint density at radius 2 is 2.02 bits per heavy atom. The van der Waals surface area contributed by atoms with Crippen molar-refractivity contribution in [2.45, 2.75) is 114 Å². The Morgan fingerprint density at radius 3 is 2.79 bits per heavy atom. The van der Waals surface area contributed by atoms with Crippen molar-refractivity contribution in [2.75, 3.05) is 44.8 Å². The van der Waals surface area contributed by atoms with Crippen molar-refractivity contribution in [2.24, 2.45) is 47.2 Å². The fraction of sp³-hybridized carbons (Fsp3) is 0.821. The second-order valence-electron chi connectivity index (χ2n) is 17.1. The van der Waals surface area contributed by atoms with Gasteiger partial charge < -0.3 is 34.9 Å². The molecule has 0 radical (unpaired) electrons. The molecule has 2 aliphatic carbocycles. The van der Waals surface area contributed by atoms with Gasteiger partial charge in [0.1, 0.15) is 23.5 Å². The summed E-state index contributed by atoms with van der Waals surface area (Å²) in [5.74, 6) is 2.43. The van der Waals surface area contributed by atoms with Gasteiger partial charge in [0, 0.05) is 73.7 Å². The molecule has 5 heterocycles. The number of fused-ring (bicyclic) bond motifs is 7. The highest BCUT2D eigenvalue weighted by atomic mass is 33.1. The lowest BCUT2D eigenvalue weighted by Crippen LogP contribution is -2.96. The van der Waals surface area contributed by atoms with Crippen molar-refractivity contribution in [3.8, 4) is 0 Å². The normalized spacial score (nSPS) is 43.7. The molecule has 1 amide bonds. The monoisotopic (exact) mass is 762 g/mol. The molecule has 6 fully saturated rings. The molecule has 8 unspecified atom stereocenters. The number of piperidine rings is 1. The highest BCUT2D eigenvalue weighted by molar-refractivity contribution is 8.76. The van der Waals surface area contributed by atoms with Crippen LogP contribution in [0, 0.1) is 41.4 Å². The van der Waals surface area contributed by atoms with Gasteiger partial charge in [-0.15, -0.1) is 0 Å². The minimum Gasteiger partial charge on any atom is -0.462 e. The van der Waals surface area contributed by atoms with E-state index in [4.69, 9.17) is 19.9 Å². The molecule has 13 heteroatoms. The van der Waals surface area contributed by atoms with Crippen molar-refractivity contribution >= 4 is 39.4 Å². The number of rotatable bonds is 7. The van der Waals surface area contributed by atoms with Gasteiger partial charge in [-0.1, -0.05) is 39.3 Å². The number of nitrogens with two attached hydrogens (primary N) is 3. The topological polar surface area (TPSA) is 162 Å². The summed E-state index contributed by atoms with van der Waals surface area (Å²) in [5.41, 5.74) is 6.92. The first-order valence-corrected chi connectivity index (χ1v) is 22.4. The number of carbonyl (C=O) groups excluding carboxylic acids is 3. The van der Waals surface area contributed by atoms with Crippen LogP contribution in [0.2, 0.25) is 0 Å². The number of carbonyl (C=O) groups is 3. The quantitative estimate of drug-likeness (QED) is 0.130. The summed E-state index contributed by atoms with van der Waals surface area (Å²) in [6, 6.07) is 0.274. The first-order chi connectivity index (χ1) is 25.0. The molecule has 0 aromatic rings. The molecular weight excluding hydrogens is 701 g/mol. The van der Waals surface area contributed by atoms with E-state index in [9.17, 15) is 19.5 Å². The molecule has 52 heavy (non-hydrogen) atoms. The number of aliphatic hydroxyl groups is 1. The predicted molar refractivity (Wildman–Crippen MR) is 200 cm³/mol. The third kappa shape index (κ3) is 7.14. The van der Waals surface area contributed by atoms with Crippen LogP contribution in [-0.2, 0) is 28.6 Å². The van der Waals surface area contributed by atoms with Gasteiger partial charge in [0.2, 0.25) is 5.91 Å². The number of allylic oxidation sites excluding steroid dienone is 1. The standard InChI is InChI=1S/C39H60N4O7S2/c1-5-22(2)36(46)50-38(3)9-8-24-20-51-52-21-30-28(17-41-4)19-43(30)34(45)13-27-18-42-33(40)14-29(27)35(24)39(38)16-26-12-25-11-23(7-6-10-44)37(47)48-31(25)15-32(26)49-39/h5,8,23,25-33,35,41-42,44H,6-7,9-21,40H2,1-4H3/p+2/t23?,25?,26?,27?,28-,29?,30-,31?,32?,33?,35-,38-,39-/m0/s1. The van der Waals surface area contributed by atoms with E-state index in [1.165, 1.54) is 5.57 Å². The Labute approximate surface area is 317 Å². The largest absolute Gasteiger partial charge is 0.462 e. The number of ether oxygens (including phenoxy) is 3. The Bertz CT molecular complexity index is 1430. The van der Waals surface area contributed by atoms with Crippen molar-refractivity contribution in [3.63, 3.8) is 0 Å². The Kier molecular flexibility index (Phi) is 11.8. The van der Waals surface area contributed by atoms with E-state index in [1.807, 2.05) is 28.5 Å². The Balaban J connectivity index is 1.26. The van der Waals surface area contributed by atoms with Gasteiger partial charge >= 0.3 is 11.9 Å². The summed E-state index contributed by atoms with van der Waals surface area (Å²) < 4.78 is 20.4. The average molecular weight is 763 g/mol. The predicted octanol–water partition coefficient (Wildman–Crippen LogP) is 1.75. The van der Waals surface area contributed by atoms with Crippen LogP contribution in [0.4, 0.5) is 0 Å². The van der Waals surface area contributed by atoms with E-state index < -0.39 is 11.2 Å². The maximum absolute atomic E-state index is 14.2. The third-order valence-electron chi connectivity index (χ3n) is 14.1. The van der Waals surface area contributed by atoms with E-state index >= 15 is 0 Å². The van der Waals surface area contributed by atoms with Crippen molar-refractivity contribution < 1.29 is 44.3 Å². The molecule has 5 aliphatic heterocycles. The Morgan fingerprint density at radius 1 is 1.19 bits per heavy atom. The van der Waals surface area contributed by atoms with E-state index in [0.29, 0.717) is 43.6 Å². The molecule has 0 aromatic heterocycles. The van der Waals surface area contributed by atoms with E-state index in [-0.39, 0.29) is 84.4 Å². The molecule has 0 aromatic carbocycles. The molecule has 7 rings (SSSR count). The van der Waals surface area contributed by atoms with Crippen molar-refractivity contribution in [1.29, 1.82) is 0 Å². The van der Waals surface area contributed by atoms with Gasteiger partial charge in [0.25, 0.3) is 0 Å². The number of amides is 1. The molecule has 0 bridgehead atoms. The molecule has 11 nitrogen and oxygen atoms in total. The van der Waals surface area contributed by atoms with Crippen LogP contribution >= 0.6 is 21.6 Å². The first kappa shape index (κ1) is 38.7. The second-order valence-corrected chi connectivity index (χ2v) is 19.6. The number of esters is 2. The van der Waals surface area contributed by atoms with E-state index in [2.05, 4.69) is 35.6 Å². The lowest BCUT2D eigenvalue weighted by Gasteiger charge is -2.56. The van der Waals surface area contributed by atoms with E-state index in [0.717, 1.165) is 56.8 Å². The molecule has 1 spiro atoms. The van der Waals surface area contributed by atoms with Gasteiger partial charge in [0.05, 0.1) is 38.2 Å².